The lowest BCUT2D eigenvalue weighted by Gasteiger charge is -2.34. The highest BCUT2D eigenvalue weighted by Crippen LogP contribution is 2.28. The Morgan fingerprint density at radius 3 is 2.31 bits per heavy atom. The predicted octanol–water partition coefficient (Wildman–Crippen LogP) is 3.56. The monoisotopic (exact) mass is 437 g/mol. The maximum absolute atomic E-state index is 12.2. The summed E-state index contributed by atoms with van der Waals surface area (Å²) in [6.45, 7) is 11.9. The Morgan fingerprint density at radius 2 is 1.66 bits per heavy atom. The number of methoxy groups -OCH3 is 1. The Kier molecular flexibility index (Phi) is 9.13. The number of rotatable bonds is 10. The van der Waals surface area contributed by atoms with Crippen molar-refractivity contribution in [3.8, 4) is 11.5 Å². The molecular weight excluding hydrogens is 402 g/mol. The molecule has 1 aliphatic rings. The Balaban J connectivity index is 1.46. The number of piperazine rings is 1. The molecule has 0 aliphatic carbocycles. The fourth-order valence-electron chi connectivity index (χ4n) is 3.77. The first-order valence-corrected chi connectivity index (χ1v) is 11.4. The molecule has 0 atom stereocenters. The summed E-state index contributed by atoms with van der Waals surface area (Å²) in [5, 5.41) is 2.95. The third-order valence-electron chi connectivity index (χ3n) is 5.72. The number of hydrogen-bond donors (Lipinski definition) is 1. The number of likely N-dealkylation sites (N-methyl/N-ethyl adjacent to an activating group) is 1. The number of carbonyl (C=O) groups is 1. The van der Waals surface area contributed by atoms with Gasteiger partial charge in [-0.3, -0.25) is 9.69 Å². The minimum absolute atomic E-state index is 0.128. The van der Waals surface area contributed by atoms with Crippen LogP contribution < -0.4 is 14.8 Å². The molecule has 32 heavy (non-hydrogen) atoms. The average molecular weight is 438 g/mol. The van der Waals surface area contributed by atoms with Crippen LogP contribution in [-0.4, -0.2) is 62.1 Å². The molecule has 172 valence electrons. The van der Waals surface area contributed by atoms with Gasteiger partial charge in [0.25, 0.3) is 0 Å². The van der Waals surface area contributed by atoms with Crippen molar-refractivity contribution in [1.82, 2.24) is 15.1 Å². The summed E-state index contributed by atoms with van der Waals surface area (Å²) in [7, 11) is 1.61. The Bertz CT molecular complexity index is 888. The van der Waals surface area contributed by atoms with Gasteiger partial charge < -0.3 is 19.7 Å². The number of hydrogen-bond acceptors (Lipinski definition) is 5. The standard InChI is InChI=1S/C26H35N3O3/c1-4-28-14-16-29(17-15-28)20-23-8-6-22(7-9-23)19-27-26(30)13-11-21-10-12-24(31-3)25(18-21)32-5-2/h6-13,18H,4-5,14-17,19-20H2,1-3H3,(H,27,30). The molecule has 2 aromatic carbocycles. The van der Waals surface area contributed by atoms with E-state index in [0.29, 0.717) is 24.7 Å². The summed E-state index contributed by atoms with van der Waals surface area (Å²) in [6.07, 6.45) is 3.32. The van der Waals surface area contributed by atoms with Crippen molar-refractivity contribution >= 4 is 12.0 Å². The van der Waals surface area contributed by atoms with E-state index in [0.717, 1.165) is 50.4 Å². The van der Waals surface area contributed by atoms with Gasteiger partial charge in [-0.15, -0.1) is 0 Å². The Labute approximate surface area is 191 Å². The maximum Gasteiger partial charge on any atom is 0.244 e. The SMILES string of the molecule is CCOc1cc(C=CC(=O)NCc2ccc(CN3CCN(CC)CC3)cc2)ccc1OC. The van der Waals surface area contributed by atoms with Crippen molar-refractivity contribution in [2.75, 3.05) is 46.4 Å². The van der Waals surface area contributed by atoms with Crippen molar-refractivity contribution in [2.24, 2.45) is 0 Å². The first kappa shape index (κ1) is 23.8. The van der Waals surface area contributed by atoms with Gasteiger partial charge in [0.05, 0.1) is 13.7 Å². The van der Waals surface area contributed by atoms with Crippen molar-refractivity contribution in [3.63, 3.8) is 0 Å². The van der Waals surface area contributed by atoms with Crippen LogP contribution in [0.5, 0.6) is 11.5 Å². The van der Waals surface area contributed by atoms with E-state index in [1.807, 2.05) is 25.1 Å². The van der Waals surface area contributed by atoms with Crippen LogP contribution in [0.3, 0.4) is 0 Å². The first-order chi connectivity index (χ1) is 15.6. The van der Waals surface area contributed by atoms with E-state index in [-0.39, 0.29) is 5.91 Å². The lowest BCUT2D eigenvalue weighted by molar-refractivity contribution is -0.116. The minimum Gasteiger partial charge on any atom is -0.493 e. The number of nitrogens with zero attached hydrogens (tertiary/aromatic N) is 2. The number of nitrogens with one attached hydrogen (secondary N) is 1. The molecular formula is C26H35N3O3. The van der Waals surface area contributed by atoms with E-state index in [4.69, 9.17) is 9.47 Å². The first-order valence-electron chi connectivity index (χ1n) is 11.4. The molecule has 1 aliphatic heterocycles. The maximum atomic E-state index is 12.2. The number of amides is 1. The second-order valence-corrected chi connectivity index (χ2v) is 7.92. The zero-order valence-corrected chi connectivity index (χ0v) is 19.5. The topological polar surface area (TPSA) is 54.0 Å². The number of ether oxygens (including phenoxy) is 2. The molecule has 1 amide bonds. The third-order valence-corrected chi connectivity index (χ3v) is 5.72. The van der Waals surface area contributed by atoms with Crippen LogP contribution in [0.25, 0.3) is 6.08 Å². The van der Waals surface area contributed by atoms with Gasteiger partial charge in [0.1, 0.15) is 0 Å². The zero-order valence-electron chi connectivity index (χ0n) is 19.5. The van der Waals surface area contributed by atoms with Crippen LogP contribution in [0.4, 0.5) is 0 Å². The summed E-state index contributed by atoms with van der Waals surface area (Å²) in [5.41, 5.74) is 3.29. The molecule has 0 unspecified atom stereocenters. The summed E-state index contributed by atoms with van der Waals surface area (Å²) >= 11 is 0. The highest BCUT2D eigenvalue weighted by Gasteiger charge is 2.15. The zero-order chi connectivity index (χ0) is 22.8. The van der Waals surface area contributed by atoms with Gasteiger partial charge in [0.2, 0.25) is 5.91 Å². The van der Waals surface area contributed by atoms with E-state index in [1.54, 1.807) is 19.3 Å². The van der Waals surface area contributed by atoms with E-state index in [1.165, 1.54) is 5.56 Å². The molecule has 0 saturated carbocycles. The molecule has 6 heteroatoms. The Hall–Kier alpha value is -2.83. The average Bonchev–Trinajstić information content (AvgIpc) is 2.83. The van der Waals surface area contributed by atoms with E-state index < -0.39 is 0 Å². The van der Waals surface area contributed by atoms with Crippen LogP contribution in [0.2, 0.25) is 0 Å². The van der Waals surface area contributed by atoms with Gasteiger partial charge in [0, 0.05) is 45.3 Å². The molecule has 1 heterocycles. The number of carbonyl (C=O) groups excluding carboxylic acids is 1. The molecule has 1 fully saturated rings. The van der Waals surface area contributed by atoms with Crippen molar-refractivity contribution in [1.29, 1.82) is 0 Å². The van der Waals surface area contributed by atoms with E-state index in [2.05, 4.69) is 46.3 Å². The van der Waals surface area contributed by atoms with Crippen molar-refractivity contribution < 1.29 is 14.3 Å². The van der Waals surface area contributed by atoms with Crippen LogP contribution >= 0.6 is 0 Å². The van der Waals surface area contributed by atoms with Crippen LogP contribution in [-0.2, 0) is 17.9 Å². The third kappa shape index (κ3) is 7.11. The normalized spacial score (nSPS) is 15.1. The van der Waals surface area contributed by atoms with Crippen LogP contribution in [0, 0.1) is 0 Å². The van der Waals surface area contributed by atoms with E-state index in [9.17, 15) is 4.79 Å². The fourth-order valence-corrected chi connectivity index (χ4v) is 3.77. The van der Waals surface area contributed by atoms with Gasteiger partial charge >= 0.3 is 0 Å². The second kappa shape index (κ2) is 12.3. The van der Waals surface area contributed by atoms with Crippen molar-refractivity contribution in [3.05, 3.63) is 65.2 Å². The summed E-state index contributed by atoms with van der Waals surface area (Å²) in [6, 6.07) is 14.1. The molecule has 0 radical (unpaired) electrons. The smallest absolute Gasteiger partial charge is 0.244 e. The van der Waals surface area contributed by atoms with Gasteiger partial charge in [0.15, 0.2) is 11.5 Å². The lowest BCUT2D eigenvalue weighted by Crippen LogP contribution is -2.45. The molecule has 0 bridgehead atoms. The van der Waals surface area contributed by atoms with Gasteiger partial charge in [-0.2, -0.15) is 0 Å². The fraction of sp³-hybridized carbons (Fsp3) is 0.423. The largest absolute Gasteiger partial charge is 0.493 e. The molecule has 1 saturated heterocycles. The molecule has 2 aromatic rings. The molecule has 3 rings (SSSR count). The van der Waals surface area contributed by atoms with E-state index >= 15 is 0 Å². The second-order valence-electron chi connectivity index (χ2n) is 7.92. The Morgan fingerprint density at radius 1 is 0.969 bits per heavy atom. The van der Waals surface area contributed by atoms with Gasteiger partial charge in [-0.1, -0.05) is 37.3 Å². The quantitative estimate of drug-likeness (QED) is 0.576. The molecule has 0 spiro atoms. The van der Waals surface area contributed by atoms with Crippen LogP contribution in [0.15, 0.2) is 48.5 Å². The summed E-state index contributed by atoms with van der Waals surface area (Å²) < 4.78 is 10.9. The van der Waals surface area contributed by atoms with Gasteiger partial charge in [-0.25, -0.2) is 0 Å². The molecule has 1 N–H and O–H groups in total. The number of benzene rings is 2. The highest BCUT2D eigenvalue weighted by molar-refractivity contribution is 5.91. The summed E-state index contributed by atoms with van der Waals surface area (Å²) in [4.78, 5) is 17.2. The molecule has 6 nitrogen and oxygen atoms in total. The summed E-state index contributed by atoms with van der Waals surface area (Å²) in [5.74, 6) is 1.22. The minimum atomic E-state index is -0.128. The van der Waals surface area contributed by atoms with Crippen molar-refractivity contribution in [2.45, 2.75) is 26.9 Å². The van der Waals surface area contributed by atoms with Gasteiger partial charge in [-0.05, 0) is 48.4 Å². The molecule has 0 aromatic heterocycles. The lowest BCUT2D eigenvalue weighted by atomic mass is 10.1. The van der Waals surface area contributed by atoms with Crippen LogP contribution in [0.1, 0.15) is 30.5 Å². The highest BCUT2D eigenvalue weighted by atomic mass is 16.5. The predicted molar refractivity (Wildman–Crippen MR) is 129 cm³/mol.